The number of nitrogens with one attached hydrogen (secondary N) is 1. The molecule has 3 aromatic heterocycles. The molecule has 152 valence electrons. The van der Waals surface area contributed by atoms with Gasteiger partial charge in [0.05, 0.1) is 18.4 Å². The van der Waals surface area contributed by atoms with Gasteiger partial charge in [0.25, 0.3) is 5.91 Å². The number of rotatable bonds is 4. The van der Waals surface area contributed by atoms with Crippen LogP contribution in [0.4, 0.5) is 10.7 Å². The molecule has 29 heavy (non-hydrogen) atoms. The molecule has 1 amide bonds. The summed E-state index contributed by atoms with van der Waals surface area (Å²) < 4.78 is 4.98. The number of nitrogen functional groups attached to an aromatic ring is 1. The number of anilines is 2. The van der Waals surface area contributed by atoms with E-state index in [2.05, 4.69) is 24.1 Å². The summed E-state index contributed by atoms with van der Waals surface area (Å²) in [7, 11) is 1.36. The number of carbonyl (C=O) groups is 2. The molecule has 3 heterocycles. The highest BCUT2D eigenvalue weighted by molar-refractivity contribution is 7.21. The first kappa shape index (κ1) is 19.8. The molecule has 3 aromatic rings. The number of amides is 1. The fraction of sp³-hybridized carbons (Fsp3) is 0.381. The molecule has 3 N–H and O–H groups in total. The van der Waals surface area contributed by atoms with Crippen LogP contribution >= 0.6 is 22.7 Å². The van der Waals surface area contributed by atoms with E-state index in [1.807, 2.05) is 12.1 Å². The maximum atomic E-state index is 13.0. The predicted octanol–water partition coefficient (Wildman–Crippen LogP) is 4.98. The van der Waals surface area contributed by atoms with E-state index in [0.29, 0.717) is 27.0 Å². The molecule has 0 spiro atoms. The highest BCUT2D eigenvalue weighted by Crippen LogP contribution is 2.40. The number of esters is 1. The molecule has 0 aliphatic heterocycles. The van der Waals surface area contributed by atoms with Gasteiger partial charge in [0.2, 0.25) is 0 Å². The van der Waals surface area contributed by atoms with Crippen LogP contribution in [0.2, 0.25) is 0 Å². The van der Waals surface area contributed by atoms with Gasteiger partial charge in [0, 0.05) is 16.0 Å². The van der Waals surface area contributed by atoms with E-state index in [1.54, 1.807) is 0 Å². The molecule has 0 saturated heterocycles. The van der Waals surface area contributed by atoms with Crippen molar-refractivity contribution in [1.82, 2.24) is 4.98 Å². The number of ether oxygens (including phenoxy) is 1. The third-order valence-electron chi connectivity index (χ3n) is 5.20. The molecule has 1 aliphatic carbocycles. The SMILES string of the molecule is COC(=O)c1c(NC(=O)c2sc3nc(C(C)C)ccc3c2N)sc2c1CCCC2. The van der Waals surface area contributed by atoms with Crippen LogP contribution in [0.15, 0.2) is 12.1 Å². The molecule has 1 aliphatic rings. The predicted molar refractivity (Wildman–Crippen MR) is 118 cm³/mol. The van der Waals surface area contributed by atoms with Crippen LogP contribution < -0.4 is 11.1 Å². The maximum Gasteiger partial charge on any atom is 0.341 e. The Labute approximate surface area is 177 Å². The van der Waals surface area contributed by atoms with E-state index in [4.69, 9.17) is 10.5 Å². The van der Waals surface area contributed by atoms with Gasteiger partial charge in [-0.3, -0.25) is 4.79 Å². The summed E-state index contributed by atoms with van der Waals surface area (Å²) in [5.74, 6) is -0.437. The van der Waals surface area contributed by atoms with Crippen LogP contribution in [0.1, 0.15) is 68.8 Å². The lowest BCUT2D eigenvalue weighted by atomic mass is 9.95. The van der Waals surface area contributed by atoms with Gasteiger partial charge in [-0.2, -0.15) is 0 Å². The standard InChI is InChI=1S/C21H23N3O3S2/c1-10(2)13-9-8-12-16(22)17(29-19(12)23-13)18(25)24-20-15(21(26)27-3)11-6-4-5-7-14(11)28-20/h8-10H,4-7,22H2,1-3H3,(H,24,25). The number of aromatic nitrogens is 1. The Hall–Kier alpha value is -2.45. The van der Waals surface area contributed by atoms with Gasteiger partial charge in [0.1, 0.15) is 14.7 Å². The lowest BCUT2D eigenvalue weighted by Crippen LogP contribution is -2.15. The lowest BCUT2D eigenvalue weighted by molar-refractivity contribution is 0.0601. The molecule has 4 rings (SSSR count). The van der Waals surface area contributed by atoms with E-state index < -0.39 is 5.97 Å². The number of nitrogens with zero attached hydrogens (tertiary/aromatic N) is 1. The average molecular weight is 430 g/mol. The zero-order chi connectivity index (χ0) is 20.7. The first-order valence-corrected chi connectivity index (χ1v) is 11.3. The summed E-state index contributed by atoms with van der Waals surface area (Å²) in [6.45, 7) is 4.15. The molecule has 8 heteroatoms. The number of aryl methyl sites for hydroxylation is 1. The number of fused-ring (bicyclic) bond motifs is 2. The summed E-state index contributed by atoms with van der Waals surface area (Å²) in [6, 6.07) is 3.87. The van der Waals surface area contributed by atoms with Gasteiger partial charge in [-0.15, -0.1) is 22.7 Å². The summed E-state index contributed by atoms with van der Waals surface area (Å²) in [5.41, 5.74) is 9.14. The zero-order valence-corrected chi connectivity index (χ0v) is 18.3. The quantitative estimate of drug-likeness (QED) is 0.570. The van der Waals surface area contributed by atoms with E-state index >= 15 is 0 Å². The van der Waals surface area contributed by atoms with Gasteiger partial charge < -0.3 is 15.8 Å². The minimum atomic E-state index is -0.410. The van der Waals surface area contributed by atoms with Crippen LogP contribution in [0.25, 0.3) is 10.2 Å². The Balaban J connectivity index is 1.70. The van der Waals surface area contributed by atoms with Crippen molar-refractivity contribution >= 4 is 55.5 Å². The first-order chi connectivity index (χ1) is 13.9. The topological polar surface area (TPSA) is 94.3 Å². The molecule has 0 bridgehead atoms. The second-order valence-corrected chi connectivity index (χ2v) is 9.55. The minimum Gasteiger partial charge on any atom is -0.465 e. The fourth-order valence-electron chi connectivity index (χ4n) is 3.63. The van der Waals surface area contributed by atoms with E-state index in [-0.39, 0.29) is 5.91 Å². The summed E-state index contributed by atoms with van der Waals surface area (Å²) in [6.07, 6.45) is 3.88. The number of thiophene rings is 2. The van der Waals surface area contributed by atoms with E-state index in [1.165, 1.54) is 29.8 Å². The van der Waals surface area contributed by atoms with E-state index in [9.17, 15) is 9.59 Å². The van der Waals surface area contributed by atoms with Crippen molar-refractivity contribution in [2.75, 3.05) is 18.2 Å². The van der Waals surface area contributed by atoms with Crippen molar-refractivity contribution in [1.29, 1.82) is 0 Å². The van der Waals surface area contributed by atoms with Crippen molar-refractivity contribution in [3.05, 3.63) is 38.7 Å². The molecule has 6 nitrogen and oxygen atoms in total. The average Bonchev–Trinajstić information content (AvgIpc) is 3.24. The normalized spacial score (nSPS) is 13.5. The monoisotopic (exact) mass is 429 g/mol. The summed E-state index contributed by atoms with van der Waals surface area (Å²) in [5, 5.41) is 4.24. The Morgan fingerprint density at radius 3 is 2.69 bits per heavy atom. The number of methoxy groups -OCH3 is 1. The summed E-state index contributed by atoms with van der Waals surface area (Å²) in [4.78, 5) is 32.4. The van der Waals surface area contributed by atoms with Crippen molar-refractivity contribution in [3.8, 4) is 0 Å². The van der Waals surface area contributed by atoms with Crippen molar-refractivity contribution in [2.45, 2.75) is 45.4 Å². The Kier molecular flexibility index (Phi) is 5.31. The number of carbonyl (C=O) groups excluding carboxylic acids is 2. The van der Waals surface area contributed by atoms with Crippen LogP contribution in [-0.4, -0.2) is 24.0 Å². The Bertz CT molecular complexity index is 1110. The summed E-state index contributed by atoms with van der Waals surface area (Å²) >= 11 is 2.74. The largest absolute Gasteiger partial charge is 0.465 e. The van der Waals surface area contributed by atoms with Crippen molar-refractivity contribution in [2.24, 2.45) is 0 Å². The number of pyridine rings is 1. The van der Waals surface area contributed by atoms with Crippen molar-refractivity contribution < 1.29 is 14.3 Å². The van der Waals surface area contributed by atoms with Crippen molar-refractivity contribution in [3.63, 3.8) is 0 Å². The number of nitrogens with two attached hydrogens (primary N) is 1. The molecule has 0 atom stereocenters. The van der Waals surface area contributed by atoms with Gasteiger partial charge in [-0.05, 0) is 49.3 Å². The molecule has 0 radical (unpaired) electrons. The van der Waals surface area contributed by atoms with Gasteiger partial charge in [0.15, 0.2) is 0 Å². The minimum absolute atomic E-state index is 0.292. The van der Waals surface area contributed by atoms with Crippen LogP contribution in [0.3, 0.4) is 0 Å². The molecule has 0 unspecified atom stereocenters. The van der Waals surface area contributed by atoms with Crippen LogP contribution in [0, 0.1) is 0 Å². The molecule has 0 saturated carbocycles. The van der Waals surface area contributed by atoms with Crippen LogP contribution in [-0.2, 0) is 17.6 Å². The van der Waals surface area contributed by atoms with Gasteiger partial charge >= 0.3 is 5.97 Å². The smallest absolute Gasteiger partial charge is 0.341 e. The highest BCUT2D eigenvalue weighted by atomic mass is 32.1. The maximum absolute atomic E-state index is 13.0. The fourth-order valence-corrected chi connectivity index (χ4v) is 5.90. The van der Waals surface area contributed by atoms with E-state index in [0.717, 1.165) is 52.0 Å². The number of hydrogen-bond donors (Lipinski definition) is 2. The Morgan fingerprint density at radius 2 is 1.97 bits per heavy atom. The molecule has 0 aromatic carbocycles. The highest BCUT2D eigenvalue weighted by Gasteiger charge is 2.28. The Morgan fingerprint density at radius 1 is 1.21 bits per heavy atom. The van der Waals surface area contributed by atoms with Gasteiger partial charge in [-0.25, -0.2) is 9.78 Å². The van der Waals surface area contributed by atoms with Gasteiger partial charge in [-0.1, -0.05) is 13.8 Å². The lowest BCUT2D eigenvalue weighted by Gasteiger charge is -2.11. The third kappa shape index (κ3) is 3.51. The third-order valence-corrected chi connectivity index (χ3v) is 7.52. The molecular formula is C21H23N3O3S2. The number of hydrogen-bond acceptors (Lipinski definition) is 7. The molecule has 0 fully saturated rings. The zero-order valence-electron chi connectivity index (χ0n) is 16.6. The first-order valence-electron chi connectivity index (χ1n) is 9.63. The second kappa shape index (κ2) is 7.76. The molecular weight excluding hydrogens is 406 g/mol. The second-order valence-electron chi connectivity index (χ2n) is 7.45. The van der Waals surface area contributed by atoms with Crippen LogP contribution in [0.5, 0.6) is 0 Å².